The SMILES string of the molecule is Cc1[nH]c(=O)c(C#N)c(C)c1CCC(=O)Nc1cc(Cl)ccc1OCC1CCCO1. The van der Waals surface area contributed by atoms with E-state index >= 15 is 0 Å². The van der Waals surface area contributed by atoms with Crippen LogP contribution in [0.1, 0.15) is 41.6 Å². The molecular formula is C22H24ClN3O4. The fraction of sp³-hybridized carbons (Fsp3) is 0.409. The number of carbonyl (C=O) groups is 1. The maximum atomic E-state index is 12.6. The van der Waals surface area contributed by atoms with Gasteiger partial charge in [-0.15, -0.1) is 0 Å². The molecule has 158 valence electrons. The Labute approximate surface area is 180 Å². The maximum Gasteiger partial charge on any atom is 0.266 e. The molecule has 1 amide bonds. The number of aromatic amines is 1. The van der Waals surface area contributed by atoms with Crippen LogP contribution in [0.4, 0.5) is 5.69 Å². The molecule has 7 nitrogen and oxygen atoms in total. The van der Waals surface area contributed by atoms with Crippen LogP contribution in [0.5, 0.6) is 5.75 Å². The van der Waals surface area contributed by atoms with E-state index in [4.69, 9.17) is 21.1 Å². The zero-order chi connectivity index (χ0) is 21.7. The highest BCUT2D eigenvalue weighted by molar-refractivity contribution is 6.31. The third-order valence-corrected chi connectivity index (χ3v) is 5.42. The van der Waals surface area contributed by atoms with Gasteiger partial charge >= 0.3 is 0 Å². The van der Waals surface area contributed by atoms with E-state index in [1.165, 1.54) is 0 Å². The van der Waals surface area contributed by atoms with E-state index in [-0.39, 0.29) is 24.0 Å². The molecule has 1 unspecified atom stereocenters. The molecule has 8 heteroatoms. The summed E-state index contributed by atoms with van der Waals surface area (Å²) in [6, 6.07) is 7.00. The predicted octanol–water partition coefficient (Wildman–Crippen LogP) is 3.65. The molecule has 0 spiro atoms. The van der Waals surface area contributed by atoms with Crippen LogP contribution < -0.4 is 15.6 Å². The van der Waals surface area contributed by atoms with Crippen LogP contribution in [0.15, 0.2) is 23.0 Å². The Morgan fingerprint density at radius 1 is 1.43 bits per heavy atom. The lowest BCUT2D eigenvalue weighted by atomic mass is 9.99. The standard InChI is InChI=1S/C22H24ClN3O4/c1-13-17(14(2)25-22(28)18(13)11-24)6-8-21(27)26-19-10-15(23)5-7-20(19)30-12-16-4-3-9-29-16/h5,7,10,16H,3-4,6,8-9,12H2,1-2H3,(H,25,28)(H,26,27). The van der Waals surface area contributed by atoms with E-state index in [9.17, 15) is 14.9 Å². The van der Waals surface area contributed by atoms with Gasteiger partial charge in [-0.2, -0.15) is 5.26 Å². The molecule has 1 aromatic carbocycles. The highest BCUT2D eigenvalue weighted by Gasteiger charge is 2.18. The van der Waals surface area contributed by atoms with Crippen LogP contribution in [0.2, 0.25) is 5.02 Å². The fourth-order valence-electron chi connectivity index (χ4n) is 3.56. The molecule has 1 aliphatic rings. The molecule has 1 fully saturated rings. The monoisotopic (exact) mass is 429 g/mol. The van der Waals surface area contributed by atoms with Crippen molar-refractivity contribution in [2.75, 3.05) is 18.5 Å². The van der Waals surface area contributed by atoms with Gasteiger partial charge in [-0.05, 0) is 62.4 Å². The number of nitriles is 1. The van der Waals surface area contributed by atoms with Crippen LogP contribution in [0, 0.1) is 25.2 Å². The maximum absolute atomic E-state index is 12.6. The van der Waals surface area contributed by atoms with Gasteiger partial charge in [0.15, 0.2) is 0 Å². The number of anilines is 1. The van der Waals surface area contributed by atoms with E-state index in [2.05, 4.69) is 10.3 Å². The minimum absolute atomic E-state index is 0.0600. The molecule has 0 radical (unpaired) electrons. The number of pyridine rings is 1. The van der Waals surface area contributed by atoms with E-state index in [1.807, 2.05) is 6.07 Å². The van der Waals surface area contributed by atoms with Gasteiger partial charge in [-0.3, -0.25) is 9.59 Å². The summed E-state index contributed by atoms with van der Waals surface area (Å²) in [7, 11) is 0. The summed E-state index contributed by atoms with van der Waals surface area (Å²) in [6.45, 7) is 4.64. The average Bonchev–Trinajstić information content (AvgIpc) is 3.21. The minimum Gasteiger partial charge on any atom is -0.489 e. The highest BCUT2D eigenvalue weighted by Crippen LogP contribution is 2.29. The second-order valence-corrected chi connectivity index (χ2v) is 7.74. The molecule has 0 saturated carbocycles. The van der Waals surface area contributed by atoms with Crippen molar-refractivity contribution < 1.29 is 14.3 Å². The number of aromatic nitrogens is 1. The molecule has 1 aliphatic heterocycles. The first-order valence-corrected chi connectivity index (χ1v) is 10.2. The first kappa shape index (κ1) is 21.9. The number of hydrogen-bond donors (Lipinski definition) is 2. The largest absolute Gasteiger partial charge is 0.489 e. The van der Waals surface area contributed by atoms with Crippen molar-refractivity contribution in [2.45, 2.75) is 45.6 Å². The normalized spacial score (nSPS) is 15.6. The van der Waals surface area contributed by atoms with Gasteiger partial charge in [0.1, 0.15) is 24.0 Å². The van der Waals surface area contributed by atoms with Gasteiger partial charge in [-0.1, -0.05) is 11.6 Å². The Bertz CT molecular complexity index is 1040. The molecule has 1 atom stereocenters. The number of benzene rings is 1. The predicted molar refractivity (Wildman–Crippen MR) is 114 cm³/mol. The summed E-state index contributed by atoms with van der Waals surface area (Å²) in [5.74, 6) is 0.314. The number of hydrogen-bond acceptors (Lipinski definition) is 5. The number of ether oxygens (including phenoxy) is 2. The molecule has 1 aromatic heterocycles. The molecule has 0 aliphatic carbocycles. The molecule has 1 saturated heterocycles. The molecule has 0 bridgehead atoms. The number of amides is 1. The van der Waals surface area contributed by atoms with Gasteiger partial charge in [0.2, 0.25) is 5.91 Å². The van der Waals surface area contributed by atoms with Gasteiger partial charge in [-0.25, -0.2) is 0 Å². The van der Waals surface area contributed by atoms with E-state index in [0.29, 0.717) is 40.7 Å². The number of carbonyl (C=O) groups excluding carboxylic acids is 1. The third kappa shape index (κ3) is 5.21. The van der Waals surface area contributed by atoms with Crippen molar-refractivity contribution in [1.82, 2.24) is 4.98 Å². The first-order valence-electron chi connectivity index (χ1n) is 9.85. The van der Waals surface area contributed by atoms with Crippen molar-refractivity contribution in [3.8, 4) is 11.8 Å². The van der Waals surface area contributed by atoms with E-state index < -0.39 is 5.56 Å². The smallest absolute Gasteiger partial charge is 0.266 e. The van der Waals surface area contributed by atoms with Crippen LogP contribution in [-0.2, 0) is 16.0 Å². The number of nitrogens with zero attached hydrogens (tertiary/aromatic N) is 1. The minimum atomic E-state index is -0.410. The molecular weight excluding hydrogens is 406 g/mol. The second-order valence-electron chi connectivity index (χ2n) is 7.30. The Balaban J connectivity index is 1.67. The third-order valence-electron chi connectivity index (χ3n) is 5.19. The Hall–Kier alpha value is -2.82. The number of halogens is 1. The first-order chi connectivity index (χ1) is 14.4. The number of aryl methyl sites for hydroxylation is 1. The Morgan fingerprint density at radius 2 is 2.23 bits per heavy atom. The number of rotatable bonds is 7. The summed E-state index contributed by atoms with van der Waals surface area (Å²) < 4.78 is 11.4. The van der Waals surface area contributed by atoms with Crippen molar-refractivity contribution in [3.63, 3.8) is 0 Å². The van der Waals surface area contributed by atoms with Gasteiger partial charge in [0.05, 0.1) is 11.8 Å². The zero-order valence-electron chi connectivity index (χ0n) is 17.0. The Kier molecular flexibility index (Phi) is 7.14. The second kappa shape index (κ2) is 9.79. The van der Waals surface area contributed by atoms with Crippen molar-refractivity contribution in [1.29, 1.82) is 5.26 Å². The van der Waals surface area contributed by atoms with Gasteiger partial charge in [0, 0.05) is 23.7 Å². The summed E-state index contributed by atoms with van der Waals surface area (Å²) >= 11 is 6.09. The Morgan fingerprint density at radius 3 is 2.93 bits per heavy atom. The quantitative estimate of drug-likeness (QED) is 0.699. The highest BCUT2D eigenvalue weighted by atomic mass is 35.5. The summed E-state index contributed by atoms with van der Waals surface area (Å²) in [6.07, 6.45) is 2.61. The fourth-order valence-corrected chi connectivity index (χ4v) is 3.73. The summed E-state index contributed by atoms with van der Waals surface area (Å²) in [4.78, 5) is 27.1. The molecule has 3 rings (SSSR count). The molecule has 30 heavy (non-hydrogen) atoms. The van der Waals surface area contributed by atoms with Crippen LogP contribution in [0.25, 0.3) is 0 Å². The topological polar surface area (TPSA) is 104 Å². The lowest BCUT2D eigenvalue weighted by molar-refractivity contribution is -0.116. The van der Waals surface area contributed by atoms with E-state index in [0.717, 1.165) is 25.0 Å². The van der Waals surface area contributed by atoms with Crippen molar-refractivity contribution >= 4 is 23.2 Å². The van der Waals surface area contributed by atoms with Crippen LogP contribution in [0.3, 0.4) is 0 Å². The zero-order valence-corrected chi connectivity index (χ0v) is 17.8. The average molecular weight is 430 g/mol. The molecule has 2 aromatic rings. The lowest BCUT2D eigenvalue weighted by Crippen LogP contribution is -2.19. The van der Waals surface area contributed by atoms with E-state index in [1.54, 1.807) is 32.0 Å². The van der Waals surface area contributed by atoms with Gasteiger partial charge in [0.25, 0.3) is 5.56 Å². The number of nitrogens with one attached hydrogen (secondary N) is 2. The molecule has 2 N–H and O–H groups in total. The van der Waals surface area contributed by atoms with Gasteiger partial charge < -0.3 is 19.8 Å². The summed E-state index contributed by atoms with van der Waals surface area (Å²) in [5, 5.41) is 12.5. The number of H-pyrrole nitrogens is 1. The van der Waals surface area contributed by atoms with Crippen LogP contribution in [-0.4, -0.2) is 30.2 Å². The van der Waals surface area contributed by atoms with Crippen LogP contribution >= 0.6 is 11.6 Å². The molecule has 2 heterocycles. The van der Waals surface area contributed by atoms with Crippen molar-refractivity contribution in [3.05, 3.63) is 56.0 Å². The summed E-state index contributed by atoms with van der Waals surface area (Å²) in [5.41, 5.74) is 2.23. The lowest BCUT2D eigenvalue weighted by Gasteiger charge is -2.16. The van der Waals surface area contributed by atoms with Crippen molar-refractivity contribution in [2.24, 2.45) is 0 Å².